The van der Waals surface area contributed by atoms with Crippen LogP contribution < -0.4 is 21.8 Å². The van der Waals surface area contributed by atoms with Gasteiger partial charge in [-0.3, -0.25) is 9.78 Å². The maximum Gasteiger partial charge on any atom is 0.439 e. The third kappa shape index (κ3) is 4.35. The van der Waals surface area contributed by atoms with E-state index in [1.54, 1.807) is 12.1 Å². The fraction of sp³-hybridized carbons (Fsp3) is 0.304. The number of rotatable bonds is 6. The summed E-state index contributed by atoms with van der Waals surface area (Å²) >= 11 is 0. The molecule has 1 fully saturated rings. The van der Waals surface area contributed by atoms with E-state index in [1.165, 1.54) is 16.9 Å². The average Bonchev–Trinajstić information content (AvgIpc) is 3.61. The van der Waals surface area contributed by atoms with Crippen LogP contribution in [0.1, 0.15) is 6.23 Å². The van der Waals surface area contributed by atoms with E-state index in [4.69, 9.17) is 14.9 Å². The van der Waals surface area contributed by atoms with Crippen LogP contribution in [0.2, 0.25) is 0 Å². The van der Waals surface area contributed by atoms with Crippen LogP contribution in [0.4, 0.5) is 17.6 Å². The minimum absolute atomic E-state index is 0.136. The molecule has 5 N–H and O–H groups in total. The molecule has 1 aromatic carbocycles. The number of aromatic nitrogens is 7. The molecular formula is C23H22N10O8. The van der Waals surface area contributed by atoms with Gasteiger partial charge >= 0.3 is 11.6 Å². The van der Waals surface area contributed by atoms with Gasteiger partial charge in [-0.1, -0.05) is 10.2 Å². The van der Waals surface area contributed by atoms with E-state index in [0.717, 1.165) is 10.3 Å². The van der Waals surface area contributed by atoms with E-state index in [9.17, 15) is 29.9 Å². The molecule has 0 aliphatic carbocycles. The van der Waals surface area contributed by atoms with Gasteiger partial charge in [0.05, 0.1) is 12.7 Å². The number of nitrogen functional groups attached to an aromatic ring is 1. The van der Waals surface area contributed by atoms with Crippen LogP contribution in [-0.2, 0) is 11.3 Å². The minimum Gasteiger partial charge on any atom is -0.423 e. The first-order chi connectivity index (χ1) is 19.5. The Morgan fingerprint density at radius 2 is 1.98 bits per heavy atom. The highest BCUT2D eigenvalue weighted by Gasteiger charge is 2.49. The first-order valence-corrected chi connectivity index (χ1v) is 12.1. The van der Waals surface area contributed by atoms with Crippen LogP contribution in [0.3, 0.4) is 0 Å². The number of anilines is 2. The van der Waals surface area contributed by atoms with Crippen LogP contribution in [0, 0.1) is 10.1 Å². The number of aliphatic hydroxyl groups is 2. The lowest BCUT2D eigenvalue weighted by Crippen LogP contribution is -2.34. The molecule has 18 heteroatoms. The number of H-pyrrole nitrogens is 1. The van der Waals surface area contributed by atoms with Crippen molar-refractivity contribution in [2.24, 2.45) is 0 Å². The number of imidazole rings is 1. The second-order valence-electron chi connectivity index (χ2n) is 9.59. The fourth-order valence-corrected chi connectivity index (χ4v) is 4.78. The van der Waals surface area contributed by atoms with E-state index in [1.807, 2.05) is 25.1 Å². The summed E-state index contributed by atoms with van der Waals surface area (Å²) in [6.45, 7) is -0.136. The number of aliphatic hydroxyl groups excluding tert-OH is 2. The summed E-state index contributed by atoms with van der Waals surface area (Å²) in [4.78, 5) is 47.1. The van der Waals surface area contributed by atoms with Gasteiger partial charge < -0.3 is 40.1 Å². The molecule has 0 unspecified atom stereocenters. The fourth-order valence-electron chi connectivity index (χ4n) is 4.78. The Bertz CT molecular complexity index is 1940. The standard InChI is InChI=1S/C23H22N10O8/c1-30(2)9-3-4-10-11(6-15(34)40-13(10)5-9)12-7-31(29-28-12)8-14-17(35)18(36)21(41-14)32-19-16(25-23(32)33(38)39)20(37)27-22(24)26-19/h3-7,14,17-18,21,35-36H,8H2,1-2H3,(H3,24,26,27,37)/t14-,17-,18-,21-/m1/s1. The van der Waals surface area contributed by atoms with Gasteiger partial charge in [0.25, 0.3) is 11.1 Å². The lowest BCUT2D eigenvalue weighted by Gasteiger charge is -2.14. The maximum absolute atomic E-state index is 12.3. The van der Waals surface area contributed by atoms with Gasteiger partial charge in [-0.2, -0.15) is 9.55 Å². The van der Waals surface area contributed by atoms with Gasteiger partial charge in [0.15, 0.2) is 0 Å². The highest BCUT2D eigenvalue weighted by atomic mass is 16.6. The quantitative estimate of drug-likeness (QED) is 0.113. The summed E-state index contributed by atoms with van der Waals surface area (Å²) in [7, 11) is 3.71. The summed E-state index contributed by atoms with van der Waals surface area (Å²) in [6, 6.07) is 6.66. The molecule has 1 aliphatic rings. The number of nitrogens with one attached hydrogen (secondary N) is 1. The molecule has 4 aromatic heterocycles. The monoisotopic (exact) mass is 566 g/mol. The molecule has 1 aliphatic heterocycles. The number of nitro groups is 1. The second-order valence-corrected chi connectivity index (χ2v) is 9.59. The van der Waals surface area contributed by atoms with Crippen LogP contribution in [0.5, 0.6) is 0 Å². The summed E-state index contributed by atoms with van der Waals surface area (Å²) in [5.74, 6) is -1.17. The number of hydrogen-bond acceptors (Lipinski definition) is 14. The van der Waals surface area contributed by atoms with E-state index in [-0.39, 0.29) is 18.1 Å². The molecule has 18 nitrogen and oxygen atoms in total. The predicted octanol–water partition coefficient (Wildman–Crippen LogP) is -0.640. The Balaban J connectivity index is 1.32. The van der Waals surface area contributed by atoms with Crippen LogP contribution >= 0.6 is 0 Å². The van der Waals surface area contributed by atoms with Gasteiger partial charge in [-0.05, 0) is 17.1 Å². The molecule has 0 saturated carbocycles. The Morgan fingerprint density at radius 3 is 2.71 bits per heavy atom. The normalized spacial score (nSPS) is 20.7. The molecule has 0 spiro atoms. The van der Waals surface area contributed by atoms with Crippen LogP contribution in [0.15, 0.2) is 44.5 Å². The summed E-state index contributed by atoms with van der Waals surface area (Å²) in [6.07, 6.45) is -4.35. The molecule has 6 rings (SSSR count). The molecule has 0 amide bonds. The SMILES string of the molecule is CN(C)c1ccc2c(-c3cn(C[C@H]4O[C@@H](n5c([N+](=O)[O-])nc6c(=O)[nH]c(N)nc65)[C@H](O)[C@@H]4O)nn3)cc(=O)oc2c1. The third-order valence-corrected chi connectivity index (χ3v) is 6.73. The largest absolute Gasteiger partial charge is 0.439 e. The van der Waals surface area contributed by atoms with Crippen molar-refractivity contribution in [3.63, 3.8) is 0 Å². The first-order valence-electron chi connectivity index (χ1n) is 12.1. The highest BCUT2D eigenvalue weighted by Crippen LogP contribution is 2.35. The van der Waals surface area contributed by atoms with E-state index in [0.29, 0.717) is 22.2 Å². The molecule has 41 heavy (non-hydrogen) atoms. The second kappa shape index (κ2) is 9.47. The van der Waals surface area contributed by atoms with E-state index < -0.39 is 52.1 Å². The summed E-state index contributed by atoms with van der Waals surface area (Å²) < 4.78 is 13.3. The van der Waals surface area contributed by atoms with Crippen LogP contribution in [-0.4, -0.2) is 82.1 Å². The number of benzene rings is 1. The number of fused-ring (bicyclic) bond motifs is 2. The number of aromatic amines is 1. The molecular weight excluding hydrogens is 544 g/mol. The van der Waals surface area contributed by atoms with Crippen molar-refractivity contribution < 1.29 is 24.3 Å². The number of ether oxygens (including phenoxy) is 1. The lowest BCUT2D eigenvalue weighted by atomic mass is 10.1. The number of nitrogens with two attached hydrogens (primary N) is 1. The number of hydrogen-bond donors (Lipinski definition) is 4. The van der Waals surface area contributed by atoms with Crippen molar-refractivity contribution in [1.29, 1.82) is 0 Å². The Morgan fingerprint density at radius 1 is 1.20 bits per heavy atom. The van der Waals surface area contributed by atoms with Crippen molar-refractivity contribution in [1.82, 2.24) is 34.5 Å². The Hall–Kier alpha value is -5.20. The van der Waals surface area contributed by atoms with E-state index >= 15 is 0 Å². The lowest BCUT2D eigenvalue weighted by molar-refractivity contribution is -0.398. The van der Waals surface area contributed by atoms with Gasteiger partial charge in [-0.25, -0.2) is 9.48 Å². The summed E-state index contributed by atoms with van der Waals surface area (Å²) in [5, 5.41) is 42.1. The number of nitrogens with zero attached hydrogens (tertiary/aromatic N) is 8. The van der Waals surface area contributed by atoms with Crippen LogP contribution in [0.25, 0.3) is 33.4 Å². The van der Waals surface area contributed by atoms with E-state index in [2.05, 4.69) is 25.3 Å². The molecule has 5 heterocycles. The molecule has 1 saturated heterocycles. The van der Waals surface area contributed by atoms with Crippen molar-refractivity contribution in [2.45, 2.75) is 31.1 Å². The maximum atomic E-state index is 12.3. The van der Waals surface area contributed by atoms with Crippen molar-refractivity contribution >= 4 is 39.7 Å². The van der Waals surface area contributed by atoms with Gasteiger partial charge in [0.2, 0.25) is 17.8 Å². The zero-order valence-electron chi connectivity index (χ0n) is 21.4. The minimum atomic E-state index is -1.67. The molecule has 0 radical (unpaired) electrons. The van der Waals surface area contributed by atoms with Crippen molar-refractivity contribution in [3.05, 3.63) is 61.4 Å². The van der Waals surface area contributed by atoms with Gasteiger partial charge in [0, 0.05) is 42.9 Å². The zero-order chi connectivity index (χ0) is 29.2. The molecule has 0 bridgehead atoms. The first kappa shape index (κ1) is 26.0. The molecule has 212 valence electrons. The van der Waals surface area contributed by atoms with Gasteiger partial charge in [-0.15, -0.1) is 5.10 Å². The molecule has 4 atom stereocenters. The van der Waals surface area contributed by atoms with Crippen molar-refractivity contribution in [3.8, 4) is 11.3 Å². The average molecular weight is 566 g/mol. The third-order valence-electron chi connectivity index (χ3n) is 6.73. The zero-order valence-corrected chi connectivity index (χ0v) is 21.4. The van der Waals surface area contributed by atoms with Gasteiger partial charge in [0.1, 0.15) is 29.6 Å². The highest BCUT2D eigenvalue weighted by molar-refractivity contribution is 5.93. The Kier molecular flexibility index (Phi) is 6.01. The van der Waals surface area contributed by atoms with Crippen molar-refractivity contribution in [2.75, 3.05) is 24.7 Å². The summed E-state index contributed by atoms with van der Waals surface area (Å²) in [5.41, 5.74) is 5.49. The Labute approximate surface area is 227 Å². The molecule has 5 aromatic rings. The topological polar surface area (TPSA) is 247 Å². The predicted molar refractivity (Wildman–Crippen MR) is 141 cm³/mol. The smallest absolute Gasteiger partial charge is 0.423 e.